The SMILES string of the molecule is CC(Oc1ccc(/C=N/NC(=O)c2cccnc2)cc1)C(=O)O. The molecule has 0 bridgehead atoms. The molecule has 0 aliphatic carbocycles. The van der Waals surface area contributed by atoms with E-state index in [4.69, 9.17) is 9.84 Å². The van der Waals surface area contributed by atoms with Crippen molar-refractivity contribution in [3.63, 3.8) is 0 Å². The third kappa shape index (κ3) is 4.92. The zero-order chi connectivity index (χ0) is 16.7. The largest absolute Gasteiger partial charge is 0.479 e. The molecule has 0 aliphatic rings. The van der Waals surface area contributed by atoms with E-state index in [1.165, 1.54) is 19.3 Å². The second-order valence-corrected chi connectivity index (χ2v) is 4.61. The zero-order valence-electron chi connectivity index (χ0n) is 12.3. The standard InChI is InChI=1S/C16H15N3O4/c1-11(16(21)22)23-14-6-4-12(5-7-14)9-18-19-15(20)13-3-2-8-17-10-13/h2-11H,1H3,(H,19,20)(H,21,22)/b18-9+. The van der Waals surface area contributed by atoms with Crippen molar-refractivity contribution >= 4 is 18.1 Å². The van der Waals surface area contributed by atoms with E-state index in [-0.39, 0.29) is 5.91 Å². The van der Waals surface area contributed by atoms with Crippen LogP contribution in [0.5, 0.6) is 5.75 Å². The molecular weight excluding hydrogens is 298 g/mol. The van der Waals surface area contributed by atoms with Crippen molar-refractivity contribution < 1.29 is 19.4 Å². The number of nitrogens with zero attached hydrogens (tertiary/aromatic N) is 2. The van der Waals surface area contributed by atoms with Gasteiger partial charge in [-0.2, -0.15) is 5.10 Å². The number of aliphatic carboxylic acids is 1. The van der Waals surface area contributed by atoms with E-state index in [1.807, 2.05) is 0 Å². The minimum atomic E-state index is -1.03. The van der Waals surface area contributed by atoms with Crippen LogP contribution in [-0.4, -0.2) is 34.3 Å². The lowest BCUT2D eigenvalue weighted by Gasteiger charge is -2.09. The number of carbonyl (C=O) groups excluding carboxylic acids is 1. The van der Waals surface area contributed by atoms with Crippen LogP contribution in [0.1, 0.15) is 22.8 Å². The number of nitrogens with one attached hydrogen (secondary N) is 1. The second kappa shape index (κ2) is 7.69. The molecule has 1 heterocycles. The summed E-state index contributed by atoms with van der Waals surface area (Å²) in [5.74, 6) is -0.949. The number of benzene rings is 1. The third-order valence-corrected chi connectivity index (χ3v) is 2.84. The molecule has 7 heteroatoms. The van der Waals surface area contributed by atoms with Gasteiger partial charge in [0.25, 0.3) is 5.91 Å². The van der Waals surface area contributed by atoms with Crippen molar-refractivity contribution in [1.82, 2.24) is 10.4 Å². The van der Waals surface area contributed by atoms with Gasteiger partial charge >= 0.3 is 5.97 Å². The maximum absolute atomic E-state index is 11.7. The molecule has 0 aliphatic heterocycles. The summed E-state index contributed by atoms with van der Waals surface area (Å²) in [5, 5.41) is 12.6. The number of hydrogen-bond donors (Lipinski definition) is 2. The fourth-order valence-electron chi connectivity index (χ4n) is 1.61. The molecule has 1 unspecified atom stereocenters. The van der Waals surface area contributed by atoms with Gasteiger partial charge in [0, 0.05) is 12.4 Å². The van der Waals surface area contributed by atoms with E-state index in [1.54, 1.807) is 42.6 Å². The van der Waals surface area contributed by atoms with Gasteiger partial charge in [-0.3, -0.25) is 9.78 Å². The first-order chi connectivity index (χ1) is 11.1. The van der Waals surface area contributed by atoms with Crippen molar-refractivity contribution in [2.24, 2.45) is 5.10 Å². The highest BCUT2D eigenvalue weighted by atomic mass is 16.5. The number of hydrogen-bond acceptors (Lipinski definition) is 5. The van der Waals surface area contributed by atoms with E-state index in [0.29, 0.717) is 11.3 Å². The van der Waals surface area contributed by atoms with Gasteiger partial charge in [0.05, 0.1) is 11.8 Å². The lowest BCUT2D eigenvalue weighted by Crippen LogP contribution is -2.22. The Morgan fingerprint density at radius 2 is 2.04 bits per heavy atom. The summed E-state index contributed by atoms with van der Waals surface area (Å²) in [6, 6.07) is 9.95. The molecular formula is C16H15N3O4. The van der Waals surface area contributed by atoms with Gasteiger partial charge in [-0.15, -0.1) is 0 Å². The molecule has 2 N–H and O–H groups in total. The van der Waals surface area contributed by atoms with Crippen LogP contribution in [0.15, 0.2) is 53.9 Å². The maximum atomic E-state index is 11.7. The van der Waals surface area contributed by atoms with Crippen LogP contribution >= 0.6 is 0 Å². The molecule has 0 radical (unpaired) electrons. The number of rotatable bonds is 6. The number of amides is 1. The Hall–Kier alpha value is -3.22. The van der Waals surface area contributed by atoms with Crippen LogP contribution in [0, 0.1) is 0 Å². The van der Waals surface area contributed by atoms with Gasteiger partial charge in [0.2, 0.25) is 0 Å². The average molecular weight is 313 g/mol. The molecule has 0 saturated carbocycles. The Morgan fingerprint density at radius 1 is 1.30 bits per heavy atom. The number of ether oxygens (including phenoxy) is 1. The van der Waals surface area contributed by atoms with Crippen LogP contribution in [0.4, 0.5) is 0 Å². The average Bonchev–Trinajstić information content (AvgIpc) is 2.57. The normalized spacial score (nSPS) is 11.9. The van der Waals surface area contributed by atoms with E-state index >= 15 is 0 Å². The molecule has 2 rings (SSSR count). The van der Waals surface area contributed by atoms with Crippen LogP contribution in [-0.2, 0) is 4.79 Å². The predicted molar refractivity (Wildman–Crippen MR) is 83.5 cm³/mol. The highest BCUT2D eigenvalue weighted by Gasteiger charge is 2.11. The van der Waals surface area contributed by atoms with Gasteiger partial charge in [-0.05, 0) is 48.9 Å². The first-order valence-corrected chi connectivity index (χ1v) is 6.79. The van der Waals surface area contributed by atoms with Crippen molar-refractivity contribution in [1.29, 1.82) is 0 Å². The molecule has 0 fully saturated rings. The van der Waals surface area contributed by atoms with Crippen LogP contribution in [0.2, 0.25) is 0 Å². The van der Waals surface area contributed by atoms with Gasteiger partial charge in [-0.25, -0.2) is 10.2 Å². The summed E-state index contributed by atoms with van der Waals surface area (Å²) >= 11 is 0. The Labute approximate surface area is 132 Å². The Balaban J connectivity index is 1.90. The number of aromatic nitrogens is 1. The molecule has 1 atom stereocenters. The Morgan fingerprint density at radius 3 is 2.65 bits per heavy atom. The van der Waals surface area contributed by atoms with Gasteiger partial charge in [-0.1, -0.05) is 0 Å². The number of carbonyl (C=O) groups is 2. The third-order valence-electron chi connectivity index (χ3n) is 2.84. The van der Waals surface area contributed by atoms with E-state index in [9.17, 15) is 9.59 Å². The lowest BCUT2D eigenvalue weighted by molar-refractivity contribution is -0.144. The van der Waals surface area contributed by atoms with Crippen LogP contribution < -0.4 is 10.2 Å². The fraction of sp³-hybridized carbons (Fsp3) is 0.125. The summed E-state index contributed by atoms with van der Waals surface area (Å²) in [4.78, 5) is 26.3. The minimum Gasteiger partial charge on any atom is -0.479 e. The van der Waals surface area contributed by atoms with Crippen LogP contribution in [0.25, 0.3) is 0 Å². The molecule has 0 saturated heterocycles. The molecule has 23 heavy (non-hydrogen) atoms. The maximum Gasteiger partial charge on any atom is 0.344 e. The van der Waals surface area contributed by atoms with E-state index in [2.05, 4.69) is 15.5 Å². The first kappa shape index (κ1) is 16.2. The van der Waals surface area contributed by atoms with Crippen molar-refractivity contribution in [2.75, 3.05) is 0 Å². The van der Waals surface area contributed by atoms with E-state index in [0.717, 1.165) is 5.56 Å². The van der Waals surface area contributed by atoms with Crippen molar-refractivity contribution in [3.8, 4) is 5.75 Å². The summed E-state index contributed by atoms with van der Waals surface area (Å²) in [5.41, 5.74) is 3.53. The number of carboxylic acids is 1. The predicted octanol–water partition coefficient (Wildman–Crippen LogP) is 1.70. The monoisotopic (exact) mass is 313 g/mol. The smallest absolute Gasteiger partial charge is 0.344 e. The van der Waals surface area contributed by atoms with Crippen LogP contribution in [0.3, 0.4) is 0 Å². The number of carboxylic acid groups (broad SMARTS) is 1. The van der Waals surface area contributed by atoms with Crippen molar-refractivity contribution in [3.05, 3.63) is 59.9 Å². The van der Waals surface area contributed by atoms with E-state index < -0.39 is 12.1 Å². The zero-order valence-corrected chi connectivity index (χ0v) is 12.3. The summed E-state index contributed by atoms with van der Waals surface area (Å²) in [7, 11) is 0. The van der Waals surface area contributed by atoms with Gasteiger partial charge < -0.3 is 9.84 Å². The van der Waals surface area contributed by atoms with Gasteiger partial charge in [0.15, 0.2) is 6.10 Å². The quantitative estimate of drug-likeness (QED) is 0.624. The highest BCUT2D eigenvalue weighted by Crippen LogP contribution is 2.13. The molecule has 1 aromatic heterocycles. The van der Waals surface area contributed by atoms with Crippen molar-refractivity contribution in [2.45, 2.75) is 13.0 Å². The molecule has 2 aromatic rings. The number of hydrazone groups is 1. The Kier molecular flexibility index (Phi) is 5.40. The molecule has 1 amide bonds. The molecule has 0 spiro atoms. The summed E-state index contributed by atoms with van der Waals surface area (Å²) in [6.45, 7) is 1.45. The summed E-state index contributed by atoms with van der Waals surface area (Å²) in [6.07, 6.45) is 3.57. The fourth-order valence-corrected chi connectivity index (χ4v) is 1.61. The molecule has 118 valence electrons. The lowest BCUT2D eigenvalue weighted by atomic mass is 10.2. The highest BCUT2D eigenvalue weighted by molar-refractivity contribution is 5.94. The minimum absolute atomic E-state index is 0.357. The number of pyridine rings is 1. The first-order valence-electron chi connectivity index (χ1n) is 6.79. The second-order valence-electron chi connectivity index (χ2n) is 4.61. The topological polar surface area (TPSA) is 101 Å². The molecule has 7 nitrogen and oxygen atoms in total. The summed E-state index contributed by atoms with van der Waals surface area (Å²) < 4.78 is 5.21. The Bertz CT molecular complexity index is 699. The molecule has 1 aromatic carbocycles. The van der Waals surface area contributed by atoms with Gasteiger partial charge in [0.1, 0.15) is 5.75 Å².